The highest BCUT2D eigenvalue weighted by molar-refractivity contribution is 6.30. The molecule has 0 unspecified atom stereocenters. The topological polar surface area (TPSA) is 62.2 Å². The van der Waals surface area contributed by atoms with Crippen LogP contribution >= 0.6 is 11.6 Å². The zero-order valence-corrected chi connectivity index (χ0v) is 11.9. The van der Waals surface area contributed by atoms with Crippen LogP contribution in [0, 0.1) is 11.8 Å². The first-order chi connectivity index (χ1) is 10.2. The summed E-state index contributed by atoms with van der Waals surface area (Å²) in [5.74, 6) is 4.97. The number of amides is 1. The van der Waals surface area contributed by atoms with Crippen molar-refractivity contribution in [3.8, 4) is 11.8 Å². The summed E-state index contributed by atoms with van der Waals surface area (Å²) in [5, 5.41) is 12.0. The Morgan fingerprint density at radius 1 is 1.33 bits per heavy atom. The highest BCUT2D eigenvalue weighted by Crippen LogP contribution is 2.10. The van der Waals surface area contributed by atoms with Crippen LogP contribution in [0.3, 0.4) is 0 Å². The first-order valence-corrected chi connectivity index (χ1v) is 6.65. The molecule has 0 aliphatic heterocycles. The molecule has 5 heteroatoms. The smallest absolute Gasteiger partial charge is 0.270 e. The average molecular weight is 301 g/mol. The minimum Gasteiger partial charge on any atom is -0.384 e. The number of hydrogen-bond acceptors (Lipinski definition) is 3. The minimum absolute atomic E-state index is 0.206. The first-order valence-electron chi connectivity index (χ1n) is 6.27. The molecule has 1 aromatic heterocycles. The molecule has 0 saturated carbocycles. The number of rotatable bonds is 3. The summed E-state index contributed by atoms with van der Waals surface area (Å²) in [7, 11) is 0. The molecule has 0 radical (unpaired) electrons. The summed E-state index contributed by atoms with van der Waals surface area (Å²) in [5.41, 5.74) is 1.88. The van der Waals surface area contributed by atoms with Crippen molar-refractivity contribution in [2.75, 3.05) is 6.61 Å². The van der Waals surface area contributed by atoms with Gasteiger partial charge in [-0.2, -0.15) is 0 Å². The van der Waals surface area contributed by atoms with Gasteiger partial charge in [0.2, 0.25) is 0 Å². The lowest BCUT2D eigenvalue weighted by molar-refractivity contribution is 0.0946. The lowest BCUT2D eigenvalue weighted by Gasteiger charge is -2.05. The number of aliphatic hydroxyl groups is 1. The number of pyridine rings is 1. The summed E-state index contributed by atoms with van der Waals surface area (Å²) in [6, 6.07) is 10.6. The van der Waals surface area contributed by atoms with Crippen molar-refractivity contribution in [3.05, 3.63) is 64.4 Å². The molecular weight excluding hydrogens is 288 g/mol. The number of carbonyl (C=O) groups is 1. The lowest BCUT2D eigenvalue weighted by atomic mass is 10.2. The molecule has 0 bridgehead atoms. The number of aliphatic hydroxyl groups excluding tert-OH is 1. The molecule has 0 atom stereocenters. The van der Waals surface area contributed by atoms with Gasteiger partial charge in [-0.05, 0) is 29.8 Å². The fourth-order valence-corrected chi connectivity index (χ4v) is 1.88. The van der Waals surface area contributed by atoms with Crippen molar-refractivity contribution in [1.82, 2.24) is 10.3 Å². The van der Waals surface area contributed by atoms with Gasteiger partial charge in [0.1, 0.15) is 12.3 Å². The molecule has 0 aliphatic carbocycles. The number of nitrogens with one attached hydrogen (secondary N) is 1. The van der Waals surface area contributed by atoms with E-state index in [1.807, 2.05) is 12.1 Å². The standard InChI is InChI=1S/C16H13ClN2O2/c17-14-5-1-3-13(9-14)11-19-16(21)15-7-6-12(10-18-15)4-2-8-20/h1,3,5-7,9-10,20H,8,11H2,(H,19,21). The average Bonchev–Trinajstić information content (AvgIpc) is 2.51. The largest absolute Gasteiger partial charge is 0.384 e. The van der Waals surface area contributed by atoms with E-state index in [0.717, 1.165) is 5.56 Å². The highest BCUT2D eigenvalue weighted by Gasteiger charge is 2.06. The molecule has 4 nitrogen and oxygen atoms in total. The minimum atomic E-state index is -0.267. The number of aromatic nitrogens is 1. The molecule has 106 valence electrons. The Morgan fingerprint density at radius 3 is 2.86 bits per heavy atom. The molecule has 2 rings (SSSR count). The van der Waals surface area contributed by atoms with Gasteiger partial charge in [0, 0.05) is 23.3 Å². The molecule has 1 aromatic carbocycles. The van der Waals surface area contributed by atoms with Crippen LogP contribution in [-0.2, 0) is 6.54 Å². The monoisotopic (exact) mass is 300 g/mol. The normalized spacial score (nSPS) is 9.62. The summed E-state index contributed by atoms with van der Waals surface area (Å²) >= 11 is 5.88. The Morgan fingerprint density at radius 2 is 2.19 bits per heavy atom. The van der Waals surface area contributed by atoms with Gasteiger partial charge in [-0.15, -0.1) is 0 Å². The summed E-state index contributed by atoms with van der Waals surface area (Å²) < 4.78 is 0. The van der Waals surface area contributed by atoms with Gasteiger partial charge in [-0.1, -0.05) is 35.6 Å². The third kappa shape index (κ3) is 4.60. The zero-order valence-electron chi connectivity index (χ0n) is 11.1. The van der Waals surface area contributed by atoms with Crippen LogP contribution in [-0.4, -0.2) is 22.6 Å². The molecule has 0 spiro atoms. The van der Waals surface area contributed by atoms with Crippen molar-refractivity contribution in [3.63, 3.8) is 0 Å². The van der Waals surface area contributed by atoms with E-state index in [1.54, 1.807) is 24.3 Å². The van der Waals surface area contributed by atoms with E-state index < -0.39 is 0 Å². The van der Waals surface area contributed by atoms with Crippen LogP contribution in [0.25, 0.3) is 0 Å². The van der Waals surface area contributed by atoms with Crippen molar-refractivity contribution < 1.29 is 9.90 Å². The Kier molecular flexibility index (Phi) is 5.33. The van der Waals surface area contributed by atoms with Crippen LogP contribution in [0.2, 0.25) is 5.02 Å². The zero-order chi connectivity index (χ0) is 15.1. The van der Waals surface area contributed by atoms with Gasteiger partial charge in [-0.25, -0.2) is 4.98 Å². The molecule has 2 aromatic rings. The second-order valence-corrected chi connectivity index (χ2v) is 4.64. The predicted octanol–water partition coefficient (Wildman–Crippen LogP) is 2.01. The molecule has 0 fully saturated rings. The lowest BCUT2D eigenvalue weighted by Crippen LogP contribution is -2.23. The van der Waals surface area contributed by atoms with Gasteiger partial charge in [-0.3, -0.25) is 4.79 Å². The van der Waals surface area contributed by atoms with Gasteiger partial charge >= 0.3 is 0 Å². The third-order valence-electron chi connectivity index (χ3n) is 2.65. The number of nitrogens with zero attached hydrogens (tertiary/aromatic N) is 1. The van der Waals surface area contributed by atoms with E-state index in [9.17, 15) is 4.79 Å². The van der Waals surface area contributed by atoms with E-state index >= 15 is 0 Å². The Balaban J connectivity index is 1.97. The second-order valence-electron chi connectivity index (χ2n) is 4.20. The molecule has 0 saturated heterocycles. The van der Waals surface area contributed by atoms with Crippen LogP contribution in [0.5, 0.6) is 0 Å². The van der Waals surface area contributed by atoms with E-state index in [-0.39, 0.29) is 12.5 Å². The fourth-order valence-electron chi connectivity index (χ4n) is 1.66. The molecule has 1 amide bonds. The van der Waals surface area contributed by atoms with Crippen LogP contribution < -0.4 is 5.32 Å². The number of carbonyl (C=O) groups excluding carboxylic acids is 1. The molecule has 2 N–H and O–H groups in total. The number of hydrogen-bond donors (Lipinski definition) is 2. The van der Waals surface area contributed by atoms with Crippen molar-refractivity contribution in [2.45, 2.75) is 6.54 Å². The summed E-state index contributed by atoms with van der Waals surface area (Å²) in [4.78, 5) is 16.0. The fraction of sp³-hybridized carbons (Fsp3) is 0.125. The third-order valence-corrected chi connectivity index (χ3v) is 2.89. The maximum absolute atomic E-state index is 11.9. The van der Waals surface area contributed by atoms with E-state index in [4.69, 9.17) is 16.7 Å². The van der Waals surface area contributed by atoms with Crippen LogP contribution in [0.15, 0.2) is 42.6 Å². The molecule has 1 heterocycles. The number of benzene rings is 1. The predicted molar refractivity (Wildman–Crippen MR) is 80.8 cm³/mol. The van der Waals surface area contributed by atoms with Gasteiger partial charge < -0.3 is 10.4 Å². The molecule has 0 aliphatic rings. The Hall–Kier alpha value is -2.35. The van der Waals surface area contributed by atoms with Crippen molar-refractivity contribution in [1.29, 1.82) is 0 Å². The van der Waals surface area contributed by atoms with Gasteiger partial charge in [0.05, 0.1) is 0 Å². The van der Waals surface area contributed by atoms with E-state index in [1.165, 1.54) is 6.20 Å². The second kappa shape index (κ2) is 7.44. The van der Waals surface area contributed by atoms with Crippen molar-refractivity contribution >= 4 is 17.5 Å². The maximum Gasteiger partial charge on any atom is 0.270 e. The molecular formula is C16H13ClN2O2. The van der Waals surface area contributed by atoms with E-state index in [2.05, 4.69) is 22.1 Å². The summed E-state index contributed by atoms with van der Waals surface area (Å²) in [6.07, 6.45) is 1.50. The van der Waals surface area contributed by atoms with Crippen LogP contribution in [0.1, 0.15) is 21.6 Å². The number of halogens is 1. The first kappa shape index (κ1) is 15.0. The molecule has 21 heavy (non-hydrogen) atoms. The van der Waals surface area contributed by atoms with Crippen molar-refractivity contribution in [2.24, 2.45) is 0 Å². The maximum atomic E-state index is 11.9. The Labute approximate surface area is 127 Å². The quantitative estimate of drug-likeness (QED) is 0.852. The van der Waals surface area contributed by atoms with Gasteiger partial charge in [0.25, 0.3) is 5.91 Å². The van der Waals surface area contributed by atoms with Crippen LogP contribution in [0.4, 0.5) is 0 Å². The Bertz CT molecular complexity index is 687. The van der Waals surface area contributed by atoms with Gasteiger partial charge in [0.15, 0.2) is 0 Å². The van der Waals surface area contributed by atoms with E-state index in [0.29, 0.717) is 22.8 Å². The SMILES string of the molecule is O=C(NCc1cccc(Cl)c1)c1ccc(C#CCO)cn1. The summed E-state index contributed by atoms with van der Waals surface area (Å²) in [6.45, 7) is 0.176. The highest BCUT2D eigenvalue weighted by atomic mass is 35.5.